The van der Waals surface area contributed by atoms with E-state index in [9.17, 15) is 9.59 Å². The van der Waals surface area contributed by atoms with Crippen LogP contribution in [0.4, 0.5) is 0 Å². The maximum absolute atomic E-state index is 11.7. The molecule has 5 nitrogen and oxygen atoms in total. The van der Waals surface area contributed by atoms with Crippen molar-refractivity contribution in [3.8, 4) is 0 Å². The number of amides is 1. The highest BCUT2D eigenvalue weighted by Gasteiger charge is 2.16. The van der Waals surface area contributed by atoms with Crippen molar-refractivity contribution < 1.29 is 9.59 Å². The second-order valence-electron chi connectivity index (χ2n) is 3.59. The molecule has 94 valence electrons. The lowest BCUT2D eigenvalue weighted by Gasteiger charge is -2.01. The van der Waals surface area contributed by atoms with E-state index in [1.165, 1.54) is 0 Å². The van der Waals surface area contributed by atoms with Gasteiger partial charge in [-0.05, 0) is 40.9 Å². The smallest absolute Gasteiger partial charge is 0.272 e. The summed E-state index contributed by atoms with van der Waals surface area (Å²) in [5.41, 5.74) is 1.23. The Morgan fingerprint density at radius 2 is 2.18 bits per heavy atom. The topological polar surface area (TPSA) is 64.0 Å². The Kier molecular flexibility index (Phi) is 5.14. The van der Waals surface area contributed by atoms with Gasteiger partial charge in [0.1, 0.15) is 0 Å². The quantitative estimate of drug-likeness (QED) is 0.664. The molecule has 17 heavy (non-hydrogen) atoms. The predicted octanol–water partition coefficient (Wildman–Crippen LogP) is 1.77. The van der Waals surface area contributed by atoms with Crippen LogP contribution < -0.4 is 5.32 Å². The number of rotatable bonds is 5. The lowest BCUT2D eigenvalue weighted by molar-refractivity contribution is -0.111. The molecule has 0 unspecified atom stereocenters. The van der Waals surface area contributed by atoms with Gasteiger partial charge in [0.2, 0.25) is 5.24 Å². The molecule has 0 saturated carbocycles. The molecule has 0 aliphatic heterocycles. The number of halogens is 2. The highest BCUT2D eigenvalue weighted by Crippen LogP contribution is 2.19. The van der Waals surface area contributed by atoms with E-state index in [2.05, 4.69) is 26.3 Å². The van der Waals surface area contributed by atoms with Gasteiger partial charge in [-0.3, -0.25) is 14.3 Å². The average Bonchev–Trinajstić information content (AvgIpc) is 2.52. The molecule has 1 rings (SSSR count). The number of nitrogens with one attached hydrogen (secondary N) is 1. The molecule has 0 spiro atoms. The summed E-state index contributed by atoms with van der Waals surface area (Å²) in [7, 11) is 1.77. The van der Waals surface area contributed by atoms with E-state index >= 15 is 0 Å². The number of carbonyl (C=O) groups excluding carboxylic acids is 2. The van der Waals surface area contributed by atoms with Gasteiger partial charge in [-0.1, -0.05) is 0 Å². The second-order valence-corrected chi connectivity index (χ2v) is 4.80. The SMILES string of the molecule is Cc1c(Br)c(C(=O)NCCCC(=O)Cl)nn1C. The van der Waals surface area contributed by atoms with Gasteiger partial charge in [-0.2, -0.15) is 5.10 Å². The van der Waals surface area contributed by atoms with Crippen LogP contribution in [0, 0.1) is 6.92 Å². The minimum Gasteiger partial charge on any atom is -0.351 e. The van der Waals surface area contributed by atoms with Crippen LogP contribution in [0.2, 0.25) is 0 Å². The van der Waals surface area contributed by atoms with Crippen LogP contribution in [0.1, 0.15) is 29.0 Å². The van der Waals surface area contributed by atoms with Crippen LogP contribution in [0.15, 0.2) is 4.47 Å². The van der Waals surface area contributed by atoms with E-state index < -0.39 is 5.24 Å². The van der Waals surface area contributed by atoms with Crippen molar-refractivity contribution in [1.29, 1.82) is 0 Å². The van der Waals surface area contributed by atoms with Crippen LogP contribution in [0.3, 0.4) is 0 Å². The Morgan fingerprint density at radius 1 is 1.53 bits per heavy atom. The van der Waals surface area contributed by atoms with Gasteiger partial charge in [0.05, 0.1) is 10.2 Å². The normalized spacial score (nSPS) is 10.4. The van der Waals surface area contributed by atoms with Crippen molar-refractivity contribution in [2.24, 2.45) is 7.05 Å². The molecule has 0 aliphatic rings. The molecule has 1 N–H and O–H groups in total. The molecule has 0 bridgehead atoms. The van der Waals surface area contributed by atoms with Gasteiger partial charge < -0.3 is 5.32 Å². The van der Waals surface area contributed by atoms with Gasteiger partial charge >= 0.3 is 0 Å². The predicted molar refractivity (Wildman–Crippen MR) is 68.1 cm³/mol. The molecule has 0 fully saturated rings. The van der Waals surface area contributed by atoms with E-state index in [1.54, 1.807) is 11.7 Å². The third kappa shape index (κ3) is 3.81. The molecule has 1 heterocycles. The summed E-state index contributed by atoms with van der Waals surface area (Å²) in [4.78, 5) is 22.2. The third-order valence-corrected chi connectivity index (χ3v) is 3.45. The Hall–Kier alpha value is -0.880. The van der Waals surface area contributed by atoms with Gasteiger partial charge in [0.15, 0.2) is 5.69 Å². The van der Waals surface area contributed by atoms with E-state index in [-0.39, 0.29) is 12.3 Å². The van der Waals surface area contributed by atoms with Crippen molar-refractivity contribution in [2.75, 3.05) is 6.54 Å². The summed E-state index contributed by atoms with van der Waals surface area (Å²) in [5.74, 6) is -0.261. The average molecular weight is 323 g/mol. The summed E-state index contributed by atoms with van der Waals surface area (Å²) in [5, 5.41) is 6.37. The standard InChI is InChI=1S/C10H13BrClN3O2/c1-6-8(11)9(14-15(6)2)10(17)13-5-3-4-7(12)16/h3-5H2,1-2H3,(H,13,17). The van der Waals surface area contributed by atoms with Gasteiger partial charge in [0.25, 0.3) is 5.91 Å². The molecule has 1 aromatic rings. The van der Waals surface area contributed by atoms with Crippen LogP contribution in [-0.2, 0) is 11.8 Å². The molecule has 0 atom stereocenters. The summed E-state index contributed by atoms with van der Waals surface area (Å²) in [6, 6.07) is 0. The van der Waals surface area contributed by atoms with Gasteiger partial charge in [-0.25, -0.2) is 0 Å². The molecule has 7 heteroatoms. The van der Waals surface area contributed by atoms with Crippen molar-refractivity contribution in [2.45, 2.75) is 19.8 Å². The molecule has 1 amide bonds. The first-order valence-electron chi connectivity index (χ1n) is 5.09. The molecule has 0 aliphatic carbocycles. The lowest BCUT2D eigenvalue weighted by Crippen LogP contribution is -2.25. The molecular weight excluding hydrogens is 309 g/mol. The first-order valence-corrected chi connectivity index (χ1v) is 6.26. The fourth-order valence-corrected chi connectivity index (χ4v) is 1.89. The monoisotopic (exact) mass is 321 g/mol. The fraction of sp³-hybridized carbons (Fsp3) is 0.500. The van der Waals surface area contributed by atoms with Crippen LogP contribution in [0.25, 0.3) is 0 Å². The first-order chi connectivity index (χ1) is 7.93. The number of hydrogen-bond acceptors (Lipinski definition) is 3. The first kappa shape index (κ1) is 14.2. The van der Waals surface area contributed by atoms with Gasteiger partial charge in [0, 0.05) is 20.0 Å². The van der Waals surface area contributed by atoms with Crippen LogP contribution >= 0.6 is 27.5 Å². The molecule has 1 aromatic heterocycles. The molecule has 0 aromatic carbocycles. The Balaban J connectivity index is 2.53. The Morgan fingerprint density at radius 3 is 2.65 bits per heavy atom. The molecule has 0 radical (unpaired) electrons. The van der Waals surface area contributed by atoms with E-state index in [4.69, 9.17) is 11.6 Å². The van der Waals surface area contributed by atoms with Crippen LogP contribution in [-0.4, -0.2) is 27.5 Å². The van der Waals surface area contributed by atoms with E-state index in [1.807, 2.05) is 6.92 Å². The number of hydrogen-bond donors (Lipinski definition) is 1. The highest BCUT2D eigenvalue weighted by atomic mass is 79.9. The minimum absolute atomic E-state index is 0.254. The van der Waals surface area contributed by atoms with Crippen molar-refractivity contribution in [3.63, 3.8) is 0 Å². The van der Waals surface area contributed by atoms with Crippen molar-refractivity contribution in [3.05, 3.63) is 15.9 Å². The largest absolute Gasteiger partial charge is 0.351 e. The zero-order valence-corrected chi connectivity index (χ0v) is 11.9. The summed E-state index contributed by atoms with van der Waals surface area (Å²) in [6.45, 7) is 2.26. The zero-order valence-electron chi connectivity index (χ0n) is 9.59. The molecule has 0 saturated heterocycles. The number of aromatic nitrogens is 2. The maximum atomic E-state index is 11.7. The summed E-state index contributed by atoms with van der Waals surface area (Å²) >= 11 is 8.50. The van der Waals surface area contributed by atoms with E-state index in [0.717, 1.165) is 5.69 Å². The summed E-state index contributed by atoms with van der Waals surface area (Å²) in [6.07, 6.45) is 0.780. The highest BCUT2D eigenvalue weighted by molar-refractivity contribution is 9.10. The fourth-order valence-electron chi connectivity index (χ4n) is 1.24. The van der Waals surface area contributed by atoms with E-state index in [0.29, 0.717) is 23.1 Å². The van der Waals surface area contributed by atoms with Gasteiger partial charge in [-0.15, -0.1) is 0 Å². The Labute approximate surface area is 113 Å². The van der Waals surface area contributed by atoms with Crippen molar-refractivity contribution in [1.82, 2.24) is 15.1 Å². The number of aryl methyl sites for hydroxylation is 1. The Bertz CT molecular complexity index is 445. The third-order valence-electron chi connectivity index (χ3n) is 2.31. The van der Waals surface area contributed by atoms with Crippen molar-refractivity contribution >= 4 is 38.7 Å². The number of carbonyl (C=O) groups is 2. The van der Waals surface area contributed by atoms with Crippen LogP contribution in [0.5, 0.6) is 0 Å². The molecular formula is C10H13BrClN3O2. The lowest BCUT2D eigenvalue weighted by atomic mass is 10.3. The second kappa shape index (κ2) is 6.16. The minimum atomic E-state index is -0.394. The maximum Gasteiger partial charge on any atom is 0.272 e. The number of nitrogens with zero attached hydrogens (tertiary/aromatic N) is 2. The summed E-state index contributed by atoms with van der Waals surface area (Å²) < 4.78 is 2.31. The zero-order chi connectivity index (χ0) is 13.0.